The first-order valence-corrected chi connectivity index (χ1v) is 10.4. The van der Waals surface area contributed by atoms with Gasteiger partial charge >= 0.3 is 0 Å². The van der Waals surface area contributed by atoms with E-state index < -0.39 is 0 Å². The molecular weight excluding hydrogens is 298 g/mol. The lowest BCUT2D eigenvalue weighted by Gasteiger charge is -2.35. The van der Waals surface area contributed by atoms with Gasteiger partial charge in [0.1, 0.15) is 0 Å². The fourth-order valence-electron chi connectivity index (χ4n) is 6.14. The van der Waals surface area contributed by atoms with Crippen LogP contribution in [0.2, 0.25) is 0 Å². The standard InChI is InChI=1S/C20H35N3O/c1-14(18-12-15-4-5-17(18)11-15)22-20(24)13-23-9-6-16(7-10-23)19-3-2-8-21-19/h14-19,21H,2-13H2,1H3,(H,22,24). The first-order chi connectivity index (χ1) is 11.7. The molecule has 5 unspecified atom stereocenters. The molecule has 2 N–H and O–H groups in total. The van der Waals surface area contributed by atoms with Crippen molar-refractivity contribution in [1.82, 2.24) is 15.5 Å². The van der Waals surface area contributed by atoms with Crippen LogP contribution < -0.4 is 10.6 Å². The van der Waals surface area contributed by atoms with Crippen LogP contribution in [-0.2, 0) is 4.79 Å². The number of hydrogen-bond donors (Lipinski definition) is 2. The maximum absolute atomic E-state index is 12.5. The number of nitrogens with one attached hydrogen (secondary N) is 2. The first kappa shape index (κ1) is 16.8. The minimum Gasteiger partial charge on any atom is -0.352 e. The van der Waals surface area contributed by atoms with Gasteiger partial charge < -0.3 is 10.6 Å². The lowest BCUT2D eigenvalue weighted by atomic mass is 9.84. The van der Waals surface area contributed by atoms with Gasteiger partial charge in [0.15, 0.2) is 0 Å². The van der Waals surface area contributed by atoms with Gasteiger partial charge in [-0.1, -0.05) is 6.42 Å². The molecule has 5 atom stereocenters. The SMILES string of the molecule is CC(NC(=O)CN1CCC(C2CCCN2)CC1)C1CC2CCC1C2. The van der Waals surface area contributed by atoms with E-state index in [1.54, 1.807) is 0 Å². The third-order valence-corrected chi connectivity index (χ3v) is 7.49. The summed E-state index contributed by atoms with van der Waals surface area (Å²) in [6.07, 6.45) is 10.8. The highest BCUT2D eigenvalue weighted by Gasteiger charge is 2.42. The smallest absolute Gasteiger partial charge is 0.234 e. The fourth-order valence-corrected chi connectivity index (χ4v) is 6.14. The number of likely N-dealkylation sites (tertiary alicyclic amines) is 1. The van der Waals surface area contributed by atoms with Crippen molar-refractivity contribution in [1.29, 1.82) is 0 Å². The summed E-state index contributed by atoms with van der Waals surface area (Å²) in [6.45, 7) is 6.24. The van der Waals surface area contributed by atoms with Crippen LogP contribution in [0.1, 0.15) is 58.3 Å². The van der Waals surface area contributed by atoms with Crippen molar-refractivity contribution < 1.29 is 4.79 Å². The van der Waals surface area contributed by atoms with Crippen molar-refractivity contribution in [3.8, 4) is 0 Å². The molecule has 1 amide bonds. The van der Waals surface area contributed by atoms with E-state index in [-0.39, 0.29) is 5.91 Å². The number of piperidine rings is 1. The molecule has 4 fully saturated rings. The Morgan fingerprint density at radius 3 is 2.58 bits per heavy atom. The zero-order chi connectivity index (χ0) is 16.5. The van der Waals surface area contributed by atoms with Gasteiger partial charge in [-0.05, 0) is 95.2 Å². The van der Waals surface area contributed by atoms with Crippen LogP contribution in [0.4, 0.5) is 0 Å². The quantitative estimate of drug-likeness (QED) is 0.812. The number of nitrogens with zero attached hydrogens (tertiary/aromatic N) is 1. The average Bonchev–Trinajstić information content (AvgIpc) is 3.33. The Morgan fingerprint density at radius 2 is 1.96 bits per heavy atom. The molecule has 2 bridgehead atoms. The van der Waals surface area contributed by atoms with E-state index in [9.17, 15) is 4.79 Å². The highest BCUT2D eigenvalue weighted by Crippen LogP contribution is 2.49. The summed E-state index contributed by atoms with van der Waals surface area (Å²) in [7, 11) is 0. The Bertz CT molecular complexity index is 440. The summed E-state index contributed by atoms with van der Waals surface area (Å²) in [4.78, 5) is 14.8. The van der Waals surface area contributed by atoms with E-state index in [1.807, 2.05) is 0 Å². The number of fused-ring (bicyclic) bond motifs is 2. The second-order valence-corrected chi connectivity index (χ2v) is 9.01. The van der Waals surface area contributed by atoms with Crippen LogP contribution in [0.5, 0.6) is 0 Å². The normalized spacial score (nSPS) is 38.5. The van der Waals surface area contributed by atoms with Crippen molar-refractivity contribution in [2.75, 3.05) is 26.2 Å². The molecule has 0 radical (unpaired) electrons. The molecule has 0 aromatic carbocycles. The Kier molecular flexibility index (Phi) is 5.14. The van der Waals surface area contributed by atoms with Crippen LogP contribution in [0.3, 0.4) is 0 Å². The third-order valence-electron chi connectivity index (χ3n) is 7.49. The van der Waals surface area contributed by atoms with Gasteiger partial charge in [0.05, 0.1) is 6.54 Å². The number of amides is 1. The van der Waals surface area contributed by atoms with E-state index in [0.717, 1.165) is 42.8 Å². The summed E-state index contributed by atoms with van der Waals surface area (Å²) in [5, 5.41) is 6.98. The monoisotopic (exact) mass is 333 g/mol. The van der Waals surface area contributed by atoms with Gasteiger partial charge in [0, 0.05) is 12.1 Å². The van der Waals surface area contributed by atoms with Gasteiger partial charge in [-0.15, -0.1) is 0 Å². The van der Waals surface area contributed by atoms with Crippen molar-refractivity contribution >= 4 is 5.91 Å². The predicted molar refractivity (Wildman–Crippen MR) is 96.7 cm³/mol. The van der Waals surface area contributed by atoms with Crippen molar-refractivity contribution in [2.45, 2.75) is 70.4 Å². The molecule has 2 saturated heterocycles. The second kappa shape index (κ2) is 7.33. The van der Waals surface area contributed by atoms with Crippen LogP contribution >= 0.6 is 0 Å². The molecule has 4 nitrogen and oxygen atoms in total. The molecule has 4 heteroatoms. The number of carbonyl (C=O) groups excluding carboxylic acids is 1. The summed E-state index contributed by atoms with van der Waals surface area (Å²) >= 11 is 0. The number of hydrogen-bond acceptors (Lipinski definition) is 3. The summed E-state index contributed by atoms with van der Waals surface area (Å²) < 4.78 is 0. The second-order valence-electron chi connectivity index (χ2n) is 9.01. The van der Waals surface area contributed by atoms with Crippen molar-refractivity contribution in [2.24, 2.45) is 23.7 Å². The molecule has 0 aromatic rings. The van der Waals surface area contributed by atoms with Gasteiger partial charge in [-0.25, -0.2) is 0 Å². The molecule has 2 aliphatic carbocycles. The molecule has 2 aliphatic heterocycles. The zero-order valence-corrected chi connectivity index (χ0v) is 15.3. The summed E-state index contributed by atoms with van der Waals surface area (Å²) in [5.41, 5.74) is 0. The highest BCUT2D eigenvalue weighted by atomic mass is 16.2. The Balaban J connectivity index is 1.18. The first-order valence-electron chi connectivity index (χ1n) is 10.4. The lowest BCUT2D eigenvalue weighted by molar-refractivity contribution is -0.123. The summed E-state index contributed by atoms with van der Waals surface area (Å²) in [6, 6.07) is 1.12. The topological polar surface area (TPSA) is 44.4 Å². The van der Waals surface area contributed by atoms with Crippen LogP contribution in [-0.4, -0.2) is 49.1 Å². The van der Waals surface area contributed by atoms with E-state index >= 15 is 0 Å². The molecule has 0 spiro atoms. The fraction of sp³-hybridized carbons (Fsp3) is 0.950. The minimum atomic E-state index is 0.253. The van der Waals surface area contributed by atoms with Crippen molar-refractivity contribution in [3.05, 3.63) is 0 Å². The molecule has 2 saturated carbocycles. The van der Waals surface area contributed by atoms with E-state index in [2.05, 4.69) is 22.5 Å². The molecular formula is C20H35N3O. The van der Waals surface area contributed by atoms with Crippen LogP contribution in [0.25, 0.3) is 0 Å². The van der Waals surface area contributed by atoms with E-state index in [4.69, 9.17) is 0 Å². The molecule has 4 rings (SSSR count). The molecule has 24 heavy (non-hydrogen) atoms. The molecule has 0 aromatic heterocycles. The molecule has 4 aliphatic rings. The van der Waals surface area contributed by atoms with Gasteiger partial charge in [-0.2, -0.15) is 0 Å². The number of carbonyl (C=O) groups is 1. The highest BCUT2D eigenvalue weighted by molar-refractivity contribution is 5.78. The summed E-state index contributed by atoms with van der Waals surface area (Å²) in [5.74, 6) is 3.68. The van der Waals surface area contributed by atoms with E-state index in [1.165, 1.54) is 57.9 Å². The Labute approximate surface area is 147 Å². The molecule has 2 heterocycles. The molecule has 136 valence electrons. The van der Waals surface area contributed by atoms with Crippen LogP contribution in [0.15, 0.2) is 0 Å². The Morgan fingerprint density at radius 1 is 1.12 bits per heavy atom. The maximum Gasteiger partial charge on any atom is 0.234 e. The van der Waals surface area contributed by atoms with E-state index in [0.29, 0.717) is 12.6 Å². The predicted octanol–water partition coefficient (Wildman–Crippen LogP) is 2.39. The zero-order valence-electron chi connectivity index (χ0n) is 15.3. The van der Waals surface area contributed by atoms with Crippen LogP contribution in [0, 0.1) is 23.7 Å². The number of rotatable bonds is 5. The van der Waals surface area contributed by atoms with Crippen molar-refractivity contribution in [3.63, 3.8) is 0 Å². The Hall–Kier alpha value is -0.610. The minimum absolute atomic E-state index is 0.253. The average molecular weight is 334 g/mol. The van der Waals surface area contributed by atoms with Gasteiger partial charge in [-0.3, -0.25) is 9.69 Å². The third kappa shape index (κ3) is 3.65. The van der Waals surface area contributed by atoms with Gasteiger partial charge in [0.25, 0.3) is 0 Å². The largest absolute Gasteiger partial charge is 0.352 e. The lowest BCUT2D eigenvalue weighted by Crippen LogP contribution is -2.47. The maximum atomic E-state index is 12.5. The van der Waals surface area contributed by atoms with Gasteiger partial charge in [0.2, 0.25) is 5.91 Å².